The smallest absolute Gasteiger partial charge is 0.251 e. The number of nitrogens with one attached hydrogen (secondary N) is 2. The molecule has 3 rings (SSSR count). The van der Waals surface area contributed by atoms with E-state index in [1.165, 1.54) is 6.92 Å². The summed E-state index contributed by atoms with van der Waals surface area (Å²) in [5, 5.41) is 5.68. The topological polar surface area (TPSA) is 91.7 Å². The zero-order valence-electron chi connectivity index (χ0n) is 13.1. The van der Waals surface area contributed by atoms with Crippen LogP contribution in [-0.2, 0) is 20.9 Å². The molecule has 24 heavy (non-hydrogen) atoms. The van der Waals surface area contributed by atoms with Gasteiger partial charge in [-0.3, -0.25) is 19.7 Å². The predicted molar refractivity (Wildman–Crippen MR) is 87.2 cm³/mol. The molecule has 0 spiro atoms. The minimum atomic E-state index is -0.572. The summed E-state index contributed by atoms with van der Waals surface area (Å²) in [6.45, 7) is 1.79. The van der Waals surface area contributed by atoms with Crippen molar-refractivity contribution < 1.29 is 18.8 Å². The van der Waals surface area contributed by atoms with Gasteiger partial charge >= 0.3 is 0 Å². The van der Waals surface area contributed by atoms with Crippen LogP contribution < -0.4 is 15.5 Å². The molecule has 0 saturated carbocycles. The van der Waals surface area contributed by atoms with Crippen molar-refractivity contribution in [2.24, 2.45) is 0 Å². The zero-order chi connectivity index (χ0) is 17.1. The Morgan fingerprint density at radius 3 is 2.62 bits per heavy atom. The lowest BCUT2D eigenvalue weighted by atomic mass is 10.2. The average Bonchev–Trinajstić information content (AvgIpc) is 3.14. The van der Waals surface area contributed by atoms with Gasteiger partial charge in [0.25, 0.3) is 5.91 Å². The van der Waals surface area contributed by atoms with E-state index in [0.717, 1.165) is 4.90 Å². The molecule has 2 aromatic rings. The summed E-state index contributed by atoms with van der Waals surface area (Å²) in [5.74, 6) is -0.0327. The molecule has 2 heterocycles. The molecular weight excluding hydrogens is 310 g/mol. The first-order valence-electron chi connectivity index (χ1n) is 7.55. The average molecular weight is 327 g/mol. The van der Waals surface area contributed by atoms with Gasteiger partial charge in [0.2, 0.25) is 11.8 Å². The SMILES string of the molecule is CC(=O)Nc1ccc(N2C(=O)C[C@H](NCc3ccco3)C2=O)cc1. The molecule has 2 N–H and O–H groups in total. The van der Waals surface area contributed by atoms with E-state index in [4.69, 9.17) is 4.42 Å². The van der Waals surface area contributed by atoms with E-state index in [9.17, 15) is 14.4 Å². The van der Waals surface area contributed by atoms with Crippen molar-refractivity contribution in [1.29, 1.82) is 0 Å². The molecule has 1 aliphatic heterocycles. The number of rotatable bonds is 5. The van der Waals surface area contributed by atoms with Crippen molar-refractivity contribution in [2.75, 3.05) is 10.2 Å². The van der Waals surface area contributed by atoms with Crippen LogP contribution in [0.15, 0.2) is 47.1 Å². The van der Waals surface area contributed by atoms with Crippen molar-refractivity contribution >= 4 is 29.1 Å². The van der Waals surface area contributed by atoms with Crippen LogP contribution in [-0.4, -0.2) is 23.8 Å². The van der Waals surface area contributed by atoms with Gasteiger partial charge < -0.3 is 9.73 Å². The van der Waals surface area contributed by atoms with Crippen LogP contribution in [0.25, 0.3) is 0 Å². The highest BCUT2D eigenvalue weighted by atomic mass is 16.3. The minimum Gasteiger partial charge on any atom is -0.468 e. The summed E-state index contributed by atoms with van der Waals surface area (Å²) in [5.41, 5.74) is 1.10. The lowest BCUT2D eigenvalue weighted by Gasteiger charge is -2.16. The zero-order valence-corrected chi connectivity index (χ0v) is 13.1. The number of benzene rings is 1. The van der Waals surface area contributed by atoms with Gasteiger partial charge in [0.15, 0.2) is 0 Å². The van der Waals surface area contributed by atoms with E-state index >= 15 is 0 Å². The first-order chi connectivity index (χ1) is 11.5. The Balaban J connectivity index is 1.68. The molecule has 1 atom stereocenters. The van der Waals surface area contributed by atoms with Crippen LogP contribution in [0.4, 0.5) is 11.4 Å². The third-order valence-corrected chi connectivity index (χ3v) is 3.70. The number of hydrogen-bond donors (Lipinski definition) is 2. The maximum Gasteiger partial charge on any atom is 0.251 e. The number of carbonyl (C=O) groups excluding carboxylic acids is 3. The molecule has 1 fully saturated rings. The van der Waals surface area contributed by atoms with Crippen molar-refractivity contribution in [3.63, 3.8) is 0 Å². The van der Waals surface area contributed by atoms with E-state index in [2.05, 4.69) is 10.6 Å². The number of hydrogen-bond acceptors (Lipinski definition) is 5. The molecule has 1 aliphatic rings. The molecule has 0 unspecified atom stereocenters. The summed E-state index contributed by atoms with van der Waals surface area (Å²) in [6.07, 6.45) is 1.66. The Bertz CT molecular complexity index is 753. The van der Waals surface area contributed by atoms with Gasteiger partial charge in [0.05, 0.1) is 31.0 Å². The fourth-order valence-corrected chi connectivity index (χ4v) is 2.60. The van der Waals surface area contributed by atoms with E-state index in [-0.39, 0.29) is 24.1 Å². The Hall–Kier alpha value is -2.93. The van der Waals surface area contributed by atoms with Gasteiger partial charge in [-0.05, 0) is 36.4 Å². The molecule has 124 valence electrons. The molecule has 3 amide bonds. The van der Waals surface area contributed by atoms with Gasteiger partial charge in [-0.1, -0.05) is 0 Å². The van der Waals surface area contributed by atoms with Crippen LogP contribution in [0.5, 0.6) is 0 Å². The highest BCUT2D eigenvalue weighted by molar-refractivity contribution is 6.22. The largest absolute Gasteiger partial charge is 0.468 e. The normalized spacial score (nSPS) is 17.4. The van der Waals surface area contributed by atoms with Crippen LogP contribution >= 0.6 is 0 Å². The molecule has 1 aromatic carbocycles. The number of furan rings is 1. The van der Waals surface area contributed by atoms with Crippen molar-refractivity contribution in [2.45, 2.75) is 25.9 Å². The van der Waals surface area contributed by atoms with E-state index in [0.29, 0.717) is 23.7 Å². The van der Waals surface area contributed by atoms with Crippen LogP contribution in [0.2, 0.25) is 0 Å². The Morgan fingerprint density at radius 2 is 2.00 bits per heavy atom. The minimum absolute atomic E-state index is 0.104. The Labute approximate surface area is 138 Å². The summed E-state index contributed by atoms with van der Waals surface area (Å²) < 4.78 is 5.20. The second kappa shape index (κ2) is 6.67. The third kappa shape index (κ3) is 3.36. The van der Waals surface area contributed by atoms with Gasteiger partial charge in [-0.25, -0.2) is 4.90 Å². The second-order valence-electron chi connectivity index (χ2n) is 5.51. The molecule has 0 radical (unpaired) electrons. The second-order valence-corrected chi connectivity index (χ2v) is 5.51. The quantitative estimate of drug-likeness (QED) is 0.815. The molecule has 7 heteroatoms. The van der Waals surface area contributed by atoms with Crippen LogP contribution in [0, 0.1) is 0 Å². The van der Waals surface area contributed by atoms with E-state index in [1.807, 2.05) is 0 Å². The van der Waals surface area contributed by atoms with Gasteiger partial charge in [0.1, 0.15) is 5.76 Å². The molecule has 1 saturated heterocycles. The number of anilines is 2. The third-order valence-electron chi connectivity index (χ3n) is 3.70. The fraction of sp³-hybridized carbons (Fsp3) is 0.235. The van der Waals surface area contributed by atoms with Crippen molar-refractivity contribution in [3.05, 3.63) is 48.4 Å². The molecule has 1 aromatic heterocycles. The van der Waals surface area contributed by atoms with Gasteiger partial charge in [-0.15, -0.1) is 0 Å². The summed E-state index contributed by atoms with van der Waals surface area (Å²) in [6, 6.07) is 9.57. The highest BCUT2D eigenvalue weighted by Crippen LogP contribution is 2.24. The predicted octanol–water partition coefficient (Wildman–Crippen LogP) is 1.66. The molecular formula is C17H17N3O4. The maximum atomic E-state index is 12.5. The van der Waals surface area contributed by atoms with Crippen LogP contribution in [0.1, 0.15) is 19.1 Å². The van der Waals surface area contributed by atoms with E-state index < -0.39 is 6.04 Å². The fourth-order valence-electron chi connectivity index (χ4n) is 2.60. The first kappa shape index (κ1) is 15.9. The number of imide groups is 1. The maximum absolute atomic E-state index is 12.5. The van der Waals surface area contributed by atoms with Gasteiger partial charge in [0, 0.05) is 12.6 Å². The molecule has 0 bridgehead atoms. The standard InChI is InChI=1S/C17H17N3O4/c1-11(21)19-12-4-6-13(7-5-12)20-16(22)9-15(17(20)23)18-10-14-3-2-8-24-14/h2-8,15,18H,9-10H2,1H3,(H,19,21)/t15-/m0/s1. The number of carbonyl (C=O) groups is 3. The summed E-state index contributed by atoms with van der Waals surface area (Å²) in [7, 11) is 0. The summed E-state index contributed by atoms with van der Waals surface area (Å²) >= 11 is 0. The lowest BCUT2D eigenvalue weighted by molar-refractivity contribution is -0.121. The lowest BCUT2D eigenvalue weighted by Crippen LogP contribution is -2.38. The van der Waals surface area contributed by atoms with Crippen molar-refractivity contribution in [3.8, 4) is 0 Å². The van der Waals surface area contributed by atoms with Crippen molar-refractivity contribution in [1.82, 2.24) is 5.32 Å². The number of amides is 3. The Kier molecular flexibility index (Phi) is 4.43. The van der Waals surface area contributed by atoms with E-state index in [1.54, 1.807) is 42.7 Å². The Morgan fingerprint density at radius 1 is 1.25 bits per heavy atom. The monoisotopic (exact) mass is 327 g/mol. The van der Waals surface area contributed by atoms with Gasteiger partial charge in [-0.2, -0.15) is 0 Å². The van der Waals surface area contributed by atoms with Crippen LogP contribution in [0.3, 0.4) is 0 Å². The number of nitrogens with zero attached hydrogens (tertiary/aromatic N) is 1. The first-order valence-corrected chi connectivity index (χ1v) is 7.55. The molecule has 0 aliphatic carbocycles. The summed E-state index contributed by atoms with van der Waals surface area (Å²) in [4.78, 5) is 36.9. The highest BCUT2D eigenvalue weighted by Gasteiger charge is 2.39. The molecule has 7 nitrogen and oxygen atoms in total.